The molecule has 1 rings (SSSR count). The van der Waals surface area contributed by atoms with Gasteiger partial charge in [0, 0.05) is 20.0 Å². The molecule has 0 aromatic heterocycles. The number of nitrogens with two attached hydrogens (primary N) is 3. The van der Waals surface area contributed by atoms with Crippen molar-refractivity contribution in [2.24, 2.45) is 28.1 Å². The number of likely N-dealkylation sites (tertiary alicyclic amines) is 1. The highest BCUT2D eigenvalue weighted by Gasteiger charge is 2.35. The first kappa shape index (κ1) is 32.8. The van der Waals surface area contributed by atoms with Crippen molar-refractivity contribution in [2.45, 2.75) is 96.3 Å². The number of amides is 4. The van der Waals surface area contributed by atoms with E-state index in [0.29, 0.717) is 58.0 Å². The lowest BCUT2D eigenvalue weighted by atomic mass is 10.0. The van der Waals surface area contributed by atoms with Gasteiger partial charge in [-0.1, -0.05) is 13.8 Å². The monoisotopic (exact) mass is 538 g/mol. The van der Waals surface area contributed by atoms with E-state index in [9.17, 15) is 24.0 Å². The summed E-state index contributed by atoms with van der Waals surface area (Å²) in [5.41, 5.74) is 16.3. The summed E-state index contributed by atoms with van der Waals surface area (Å²) in [6.07, 6.45) is 4.72. The van der Waals surface area contributed by atoms with E-state index >= 15 is 0 Å². The molecule has 1 heterocycles. The van der Waals surface area contributed by atoms with Gasteiger partial charge in [0.15, 0.2) is 5.96 Å². The zero-order chi connectivity index (χ0) is 28.7. The zero-order valence-corrected chi connectivity index (χ0v) is 22.9. The van der Waals surface area contributed by atoms with Gasteiger partial charge in [-0.2, -0.15) is 0 Å². The predicted octanol–water partition coefficient (Wildman–Crippen LogP) is -1.12. The van der Waals surface area contributed by atoms with E-state index in [2.05, 4.69) is 20.9 Å². The Morgan fingerprint density at radius 3 is 2.18 bits per heavy atom. The average molecular weight is 539 g/mol. The molecule has 0 aromatic rings. The molecule has 13 heteroatoms. The van der Waals surface area contributed by atoms with E-state index < -0.39 is 36.0 Å². The molecular formula is C25H46N8O5. The number of hydrogen-bond acceptors (Lipinski definition) is 7. The lowest BCUT2D eigenvalue weighted by Crippen LogP contribution is -2.57. The summed E-state index contributed by atoms with van der Waals surface area (Å²) >= 11 is 0. The van der Waals surface area contributed by atoms with E-state index in [0.717, 1.165) is 6.29 Å². The minimum absolute atomic E-state index is 0.0524. The Hall–Kier alpha value is -3.22. The van der Waals surface area contributed by atoms with E-state index in [-0.39, 0.29) is 36.7 Å². The topological polar surface area (TPSA) is 215 Å². The van der Waals surface area contributed by atoms with Crippen molar-refractivity contribution >= 4 is 35.9 Å². The van der Waals surface area contributed by atoms with Crippen molar-refractivity contribution in [3.63, 3.8) is 0 Å². The lowest BCUT2D eigenvalue weighted by Gasteiger charge is -2.29. The minimum atomic E-state index is -0.929. The van der Waals surface area contributed by atoms with Gasteiger partial charge >= 0.3 is 0 Å². The molecule has 9 N–H and O–H groups in total. The number of guanidine groups is 1. The normalized spacial score (nSPS) is 17.3. The van der Waals surface area contributed by atoms with Crippen molar-refractivity contribution in [3.05, 3.63) is 0 Å². The quantitative estimate of drug-likeness (QED) is 0.0575. The molecule has 1 aliphatic heterocycles. The van der Waals surface area contributed by atoms with Gasteiger partial charge in [-0.25, -0.2) is 0 Å². The molecule has 1 aliphatic rings. The molecule has 4 amide bonds. The molecule has 38 heavy (non-hydrogen) atoms. The third kappa shape index (κ3) is 11.9. The molecule has 0 radical (unpaired) electrons. The summed E-state index contributed by atoms with van der Waals surface area (Å²) in [4.78, 5) is 68.4. The van der Waals surface area contributed by atoms with Crippen LogP contribution in [-0.4, -0.2) is 84.6 Å². The van der Waals surface area contributed by atoms with Gasteiger partial charge in [0.25, 0.3) is 0 Å². The van der Waals surface area contributed by atoms with Gasteiger partial charge in [-0.15, -0.1) is 0 Å². The van der Waals surface area contributed by atoms with Crippen LogP contribution < -0.4 is 33.2 Å². The van der Waals surface area contributed by atoms with Crippen LogP contribution in [0.5, 0.6) is 0 Å². The first-order valence-corrected chi connectivity index (χ1v) is 13.4. The molecule has 0 aromatic carbocycles. The Bertz CT molecular complexity index is 831. The van der Waals surface area contributed by atoms with E-state index in [1.807, 2.05) is 13.8 Å². The summed E-state index contributed by atoms with van der Waals surface area (Å²) < 4.78 is 0. The van der Waals surface area contributed by atoms with Crippen LogP contribution in [0, 0.1) is 5.92 Å². The van der Waals surface area contributed by atoms with Crippen LogP contribution in [-0.2, 0) is 24.0 Å². The molecule has 1 saturated heterocycles. The number of nitrogens with one attached hydrogen (secondary N) is 3. The number of nitrogens with zero attached hydrogens (tertiary/aromatic N) is 2. The number of hydrogen-bond donors (Lipinski definition) is 6. The maximum absolute atomic E-state index is 13.4. The Balaban J connectivity index is 3.05. The van der Waals surface area contributed by atoms with Crippen molar-refractivity contribution in [1.82, 2.24) is 20.9 Å². The number of rotatable bonds is 17. The fourth-order valence-electron chi connectivity index (χ4n) is 4.42. The second-order valence-electron chi connectivity index (χ2n) is 10.1. The molecule has 0 saturated carbocycles. The van der Waals surface area contributed by atoms with Crippen LogP contribution in [0.2, 0.25) is 0 Å². The SMILES string of the molecule is CC(=O)N[C@@H](CCCCN)C(=O)N[C@@H](CC(C)C)C(=O)N[C@@H](CCCN=C(N)N)C(=O)N1CCC[C@H]1C=O. The molecule has 216 valence electrons. The average Bonchev–Trinajstić information content (AvgIpc) is 3.32. The predicted molar refractivity (Wildman–Crippen MR) is 145 cm³/mol. The van der Waals surface area contributed by atoms with Gasteiger partial charge in [0.1, 0.15) is 24.4 Å². The molecule has 1 fully saturated rings. The summed E-state index contributed by atoms with van der Waals surface area (Å²) in [7, 11) is 0. The van der Waals surface area contributed by atoms with Crippen LogP contribution in [0.3, 0.4) is 0 Å². The zero-order valence-electron chi connectivity index (χ0n) is 22.9. The number of unbranched alkanes of at least 4 members (excludes halogenated alkanes) is 1. The maximum Gasteiger partial charge on any atom is 0.245 e. The molecule has 13 nitrogen and oxygen atoms in total. The molecular weight excluding hydrogens is 492 g/mol. The minimum Gasteiger partial charge on any atom is -0.370 e. The molecule has 0 spiro atoms. The third-order valence-electron chi connectivity index (χ3n) is 6.28. The molecule has 4 atom stereocenters. The van der Waals surface area contributed by atoms with E-state index in [1.165, 1.54) is 11.8 Å². The number of aliphatic imine (C=N–C) groups is 1. The van der Waals surface area contributed by atoms with Gasteiger partial charge in [-0.3, -0.25) is 24.2 Å². The van der Waals surface area contributed by atoms with Crippen LogP contribution in [0.4, 0.5) is 0 Å². The van der Waals surface area contributed by atoms with Crippen LogP contribution in [0.1, 0.15) is 72.1 Å². The van der Waals surface area contributed by atoms with E-state index in [4.69, 9.17) is 17.2 Å². The number of aldehydes is 1. The fourth-order valence-corrected chi connectivity index (χ4v) is 4.42. The number of carbonyl (C=O) groups excluding carboxylic acids is 5. The van der Waals surface area contributed by atoms with Crippen molar-refractivity contribution < 1.29 is 24.0 Å². The van der Waals surface area contributed by atoms with Crippen molar-refractivity contribution in [2.75, 3.05) is 19.6 Å². The Kier molecular flexibility index (Phi) is 15.0. The fraction of sp³-hybridized carbons (Fsp3) is 0.760. The maximum atomic E-state index is 13.4. The Labute approximate surface area is 225 Å². The number of carbonyl (C=O) groups is 5. The lowest BCUT2D eigenvalue weighted by molar-refractivity contribution is -0.139. The largest absolute Gasteiger partial charge is 0.370 e. The van der Waals surface area contributed by atoms with Crippen molar-refractivity contribution in [3.8, 4) is 0 Å². The van der Waals surface area contributed by atoms with Gasteiger partial charge in [-0.05, 0) is 63.8 Å². The standard InChI is InChI=1S/C25H46N8O5/c1-16(2)14-21(32-22(36)19(30-17(3)35)9-4-5-11-26)23(37)31-20(10-6-12-29-25(27)28)24(38)33-13-7-8-18(33)15-34/h15-16,18-21H,4-14,26H2,1-3H3,(H,30,35)(H,31,37)(H,32,36)(H4,27,28,29)/t18-,19-,20-,21-/m0/s1. The van der Waals surface area contributed by atoms with Crippen LogP contribution in [0.25, 0.3) is 0 Å². The highest BCUT2D eigenvalue weighted by atomic mass is 16.2. The smallest absolute Gasteiger partial charge is 0.245 e. The summed E-state index contributed by atoms with van der Waals surface area (Å²) in [6, 6.07) is -3.18. The highest BCUT2D eigenvalue weighted by Crippen LogP contribution is 2.18. The van der Waals surface area contributed by atoms with Gasteiger partial charge < -0.3 is 42.8 Å². The summed E-state index contributed by atoms with van der Waals surface area (Å²) in [6.45, 7) is 6.31. The van der Waals surface area contributed by atoms with E-state index in [1.54, 1.807) is 0 Å². The molecule has 0 unspecified atom stereocenters. The first-order chi connectivity index (χ1) is 18.0. The van der Waals surface area contributed by atoms with Crippen LogP contribution in [0.15, 0.2) is 4.99 Å². The second-order valence-corrected chi connectivity index (χ2v) is 10.1. The molecule has 0 bridgehead atoms. The Morgan fingerprint density at radius 2 is 1.61 bits per heavy atom. The molecule has 0 aliphatic carbocycles. The third-order valence-corrected chi connectivity index (χ3v) is 6.28. The Morgan fingerprint density at radius 1 is 0.974 bits per heavy atom. The van der Waals surface area contributed by atoms with Gasteiger partial charge in [0.2, 0.25) is 23.6 Å². The second kappa shape index (κ2) is 17.3. The summed E-state index contributed by atoms with van der Waals surface area (Å²) in [5, 5.41) is 8.19. The first-order valence-electron chi connectivity index (χ1n) is 13.4. The highest BCUT2D eigenvalue weighted by molar-refractivity contribution is 5.94. The van der Waals surface area contributed by atoms with Crippen LogP contribution >= 0.6 is 0 Å². The summed E-state index contributed by atoms with van der Waals surface area (Å²) in [5.74, 6) is -1.73. The van der Waals surface area contributed by atoms with Gasteiger partial charge in [0.05, 0.1) is 6.04 Å². The van der Waals surface area contributed by atoms with Crippen molar-refractivity contribution in [1.29, 1.82) is 0 Å².